The number of benzene rings is 1. The molecule has 2 amide bonds. The van der Waals surface area contributed by atoms with Gasteiger partial charge in [-0.05, 0) is 44.1 Å². The lowest BCUT2D eigenvalue weighted by Crippen LogP contribution is -2.49. The molecule has 1 heterocycles. The molecule has 4 nitrogen and oxygen atoms in total. The molecule has 0 aromatic heterocycles. The number of aliphatic hydroxyl groups is 1. The van der Waals surface area contributed by atoms with E-state index in [9.17, 15) is 9.90 Å². The molecule has 2 N–H and O–H groups in total. The lowest BCUT2D eigenvalue weighted by molar-refractivity contribution is 0.128. The number of piperidine rings is 1. The first kappa shape index (κ1) is 17.3. The number of rotatable bonds is 4. The van der Waals surface area contributed by atoms with Gasteiger partial charge in [0.05, 0.1) is 0 Å². The van der Waals surface area contributed by atoms with Crippen molar-refractivity contribution in [3.05, 3.63) is 35.4 Å². The third-order valence-electron chi connectivity index (χ3n) is 5.83. The van der Waals surface area contributed by atoms with Crippen LogP contribution in [0.2, 0.25) is 0 Å². The van der Waals surface area contributed by atoms with Gasteiger partial charge in [-0.25, -0.2) is 4.79 Å². The molecule has 1 aromatic rings. The fourth-order valence-corrected chi connectivity index (χ4v) is 4.35. The molecule has 1 saturated heterocycles. The molecule has 1 aliphatic carbocycles. The maximum Gasteiger partial charge on any atom is 0.317 e. The van der Waals surface area contributed by atoms with Crippen molar-refractivity contribution in [1.82, 2.24) is 10.2 Å². The quantitative estimate of drug-likeness (QED) is 0.890. The number of aliphatic hydroxyl groups excluding tert-OH is 1. The van der Waals surface area contributed by atoms with Crippen LogP contribution in [-0.2, 0) is 5.41 Å². The SMILES string of the molecule is Cc1cccc(C2(CNC(=O)N3CCCC(CO)C3)CCCC2)c1. The van der Waals surface area contributed by atoms with Gasteiger partial charge in [0.25, 0.3) is 0 Å². The number of amides is 2. The van der Waals surface area contributed by atoms with E-state index in [0.717, 1.165) is 38.8 Å². The third-order valence-corrected chi connectivity index (χ3v) is 5.83. The number of carbonyl (C=O) groups is 1. The molecule has 0 spiro atoms. The first-order chi connectivity index (χ1) is 11.6. The minimum Gasteiger partial charge on any atom is -0.396 e. The largest absolute Gasteiger partial charge is 0.396 e. The molecule has 3 rings (SSSR count). The Bertz CT molecular complexity index is 567. The van der Waals surface area contributed by atoms with Gasteiger partial charge in [-0.15, -0.1) is 0 Å². The smallest absolute Gasteiger partial charge is 0.317 e. The van der Waals surface area contributed by atoms with Crippen molar-refractivity contribution < 1.29 is 9.90 Å². The van der Waals surface area contributed by atoms with Crippen molar-refractivity contribution in [1.29, 1.82) is 0 Å². The second-order valence-electron chi connectivity index (χ2n) is 7.65. The van der Waals surface area contributed by atoms with Crippen molar-refractivity contribution in [3.8, 4) is 0 Å². The Morgan fingerprint density at radius 1 is 1.33 bits per heavy atom. The zero-order valence-corrected chi connectivity index (χ0v) is 14.8. The van der Waals surface area contributed by atoms with Gasteiger partial charge in [0.1, 0.15) is 0 Å². The van der Waals surface area contributed by atoms with Gasteiger partial charge in [0, 0.05) is 31.7 Å². The Labute approximate surface area is 145 Å². The van der Waals surface area contributed by atoms with Crippen LogP contribution in [0.1, 0.15) is 49.7 Å². The van der Waals surface area contributed by atoms with Crippen molar-refractivity contribution in [2.45, 2.75) is 50.9 Å². The van der Waals surface area contributed by atoms with Crippen LogP contribution in [0.4, 0.5) is 4.79 Å². The van der Waals surface area contributed by atoms with Crippen LogP contribution in [0, 0.1) is 12.8 Å². The highest BCUT2D eigenvalue weighted by Gasteiger charge is 2.36. The predicted octanol–water partition coefficient (Wildman–Crippen LogP) is 3.22. The number of hydrogen-bond donors (Lipinski definition) is 2. The van der Waals surface area contributed by atoms with E-state index in [1.165, 1.54) is 24.0 Å². The first-order valence-corrected chi connectivity index (χ1v) is 9.34. The molecule has 24 heavy (non-hydrogen) atoms. The molecule has 1 unspecified atom stereocenters. The number of hydrogen-bond acceptors (Lipinski definition) is 2. The fraction of sp³-hybridized carbons (Fsp3) is 0.650. The molecule has 1 atom stereocenters. The second-order valence-corrected chi connectivity index (χ2v) is 7.65. The van der Waals surface area contributed by atoms with Crippen LogP contribution >= 0.6 is 0 Å². The normalized spacial score (nSPS) is 23.2. The molecule has 1 aromatic carbocycles. The molecule has 0 bridgehead atoms. The van der Waals surface area contributed by atoms with E-state index in [2.05, 4.69) is 36.5 Å². The van der Waals surface area contributed by atoms with Gasteiger partial charge in [0.2, 0.25) is 0 Å². The Kier molecular flexibility index (Phi) is 5.44. The lowest BCUT2D eigenvalue weighted by atomic mass is 9.78. The third kappa shape index (κ3) is 3.75. The van der Waals surface area contributed by atoms with E-state index in [-0.39, 0.29) is 24.0 Å². The zero-order chi connectivity index (χ0) is 17.0. The van der Waals surface area contributed by atoms with E-state index >= 15 is 0 Å². The average Bonchev–Trinajstić information content (AvgIpc) is 3.10. The number of likely N-dealkylation sites (tertiary alicyclic amines) is 1. The monoisotopic (exact) mass is 330 g/mol. The molecular weight excluding hydrogens is 300 g/mol. The summed E-state index contributed by atoms with van der Waals surface area (Å²) in [7, 11) is 0. The van der Waals surface area contributed by atoms with Gasteiger partial charge >= 0.3 is 6.03 Å². The van der Waals surface area contributed by atoms with Crippen LogP contribution in [0.15, 0.2) is 24.3 Å². The molecule has 1 saturated carbocycles. The highest BCUT2D eigenvalue weighted by Crippen LogP contribution is 2.40. The highest BCUT2D eigenvalue weighted by atomic mass is 16.3. The summed E-state index contributed by atoms with van der Waals surface area (Å²) in [6, 6.07) is 8.79. The van der Waals surface area contributed by atoms with Crippen LogP contribution in [0.3, 0.4) is 0 Å². The number of nitrogens with one attached hydrogen (secondary N) is 1. The van der Waals surface area contributed by atoms with Crippen LogP contribution in [0.25, 0.3) is 0 Å². The number of urea groups is 1. The minimum atomic E-state index is 0.0343. The van der Waals surface area contributed by atoms with Crippen molar-refractivity contribution in [2.75, 3.05) is 26.2 Å². The Morgan fingerprint density at radius 3 is 2.83 bits per heavy atom. The molecule has 2 fully saturated rings. The standard InChI is InChI=1S/C20H30N2O2/c1-16-6-4-8-18(12-16)20(9-2-3-10-20)15-21-19(24)22-11-5-7-17(13-22)14-23/h4,6,8,12,17,23H,2-3,5,7,9-11,13-15H2,1H3,(H,21,24). The maximum absolute atomic E-state index is 12.6. The van der Waals surface area contributed by atoms with Gasteiger partial charge in [-0.1, -0.05) is 42.7 Å². The summed E-state index contributed by atoms with van der Waals surface area (Å²) >= 11 is 0. The Hall–Kier alpha value is -1.55. The summed E-state index contributed by atoms with van der Waals surface area (Å²) in [4.78, 5) is 14.5. The minimum absolute atomic E-state index is 0.0343. The number of aryl methyl sites for hydroxylation is 1. The predicted molar refractivity (Wildman–Crippen MR) is 96.1 cm³/mol. The van der Waals surface area contributed by atoms with E-state index in [4.69, 9.17) is 0 Å². The summed E-state index contributed by atoms with van der Waals surface area (Å²) < 4.78 is 0. The van der Waals surface area contributed by atoms with Gasteiger partial charge < -0.3 is 15.3 Å². The van der Waals surface area contributed by atoms with Gasteiger partial charge in [-0.2, -0.15) is 0 Å². The van der Waals surface area contributed by atoms with E-state index < -0.39 is 0 Å². The Morgan fingerprint density at radius 2 is 2.12 bits per heavy atom. The molecule has 0 radical (unpaired) electrons. The van der Waals surface area contributed by atoms with Crippen LogP contribution < -0.4 is 5.32 Å². The molecule has 132 valence electrons. The lowest BCUT2D eigenvalue weighted by Gasteiger charge is -2.35. The van der Waals surface area contributed by atoms with E-state index in [1.807, 2.05) is 4.90 Å². The van der Waals surface area contributed by atoms with Gasteiger partial charge in [-0.3, -0.25) is 0 Å². The summed E-state index contributed by atoms with van der Waals surface area (Å²) in [6.07, 6.45) is 6.78. The number of nitrogens with zero attached hydrogens (tertiary/aromatic N) is 1. The zero-order valence-electron chi connectivity index (χ0n) is 14.8. The summed E-state index contributed by atoms with van der Waals surface area (Å²) in [5.74, 6) is 0.238. The van der Waals surface area contributed by atoms with E-state index in [1.54, 1.807) is 0 Å². The first-order valence-electron chi connectivity index (χ1n) is 9.34. The summed E-state index contributed by atoms with van der Waals surface area (Å²) in [5.41, 5.74) is 2.74. The molecule has 2 aliphatic rings. The summed E-state index contributed by atoms with van der Waals surface area (Å²) in [6.45, 7) is 4.51. The number of carbonyl (C=O) groups excluding carboxylic acids is 1. The topological polar surface area (TPSA) is 52.6 Å². The molecule has 4 heteroatoms. The molecular formula is C20H30N2O2. The van der Waals surface area contributed by atoms with Crippen molar-refractivity contribution in [3.63, 3.8) is 0 Å². The highest BCUT2D eigenvalue weighted by molar-refractivity contribution is 5.74. The van der Waals surface area contributed by atoms with Crippen molar-refractivity contribution >= 4 is 6.03 Å². The van der Waals surface area contributed by atoms with Crippen molar-refractivity contribution in [2.24, 2.45) is 5.92 Å². The van der Waals surface area contributed by atoms with Crippen LogP contribution in [0.5, 0.6) is 0 Å². The van der Waals surface area contributed by atoms with Crippen LogP contribution in [-0.4, -0.2) is 42.3 Å². The second kappa shape index (κ2) is 7.56. The average molecular weight is 330 g/mol. The molecule has 1 aliphatic heterocycles. The maximum atomic E-state index is 12.6. The summed E-state index contributed by atoms with van der Waals surface area (Å²) in [5, 5.41) is 12.6. The van der Waals surface area contributed by atoms with Gasteiger partial charge in [0.15, 0.2) is 0 Å². The fourth-order valence-electron chi connectivity index (χ4n) is 4.35. The Balaban J connectivity index is 1.65. The van der Waals surface area contributed by atoms with E-state index in [0.29, 0.717) is 6.54 Å².